The van der Waals surface area contributed by atoms with Gasteiger partial charge < -0.3 is 4.90 Å². The summed E-state index contributed by atoms with van der Waals surface area (Å²) in [4.78, 5) is 2.35. The Hall–Kier alpha value is -5.92. The second-order valence-corrected chi connectivity index (χ2v) is 12.1. The van der Waals surface area contributed by atoms with Gasteiger partial charge in [0.2, 0.25) is 0 Å². The highest BCUT2D eigenvalue weighted by Crippen LogP contribution is 2.56. The molecular formula is C45H31N. The van der Waals surface area contributed by atoms with E-state index in [-0.39, 0.29) is 0 Å². The van der Waals surface area contributed by atoms with Gasteiger partial charge in [0.05, 0.1) is 5.41 Å². The lowest BCUT2D eigenvalue weighted by Gasteiger charge is -2.35. The molecule has 1 aliphatic carbocycles. The zero-order chi connectivity index (χ0) is 30.5. The van der Waals surface area contributed by atoms with Gasteiger partial charge in [-0.1, -0.05) is 152 Å². The number of para-hydroxylation sites is 1. The minimum absolute atomic E-state index is 0.419. The lowest BCUT2D eigenvalue weighted by Crippen LogP contribution is -2.28. The summed E-state index contributed by atoms with van der Waals surface area (Å²) in [5, 5.41) is 5.32. The Kier molecular flexibility index (Phi) is 6.11. The summed E-state index contributed by atoms with van der Waals surface area (Å²) in [5.41, 5.74) is 10.7. The van der Waals surface area contributed by atoms with Crippen LogP contribution in [0, 0.1) is 0 Å². The fourth-order valence-electron chi connectivity index (χ4n) is 7.72. The molecule has 0 unspecified atom stereocenters. The van der Waals surface area contributed by atoms with Crippen LogP contribution in [0.4, 0.5) is 17.1 Å². The topological polar surface area (TPSA) is 3.24 Å². The first kappa shape index (κ1) is 26.5. The van der Waals surface area contributed by atoms with Crippen molar-refractivity contribution in [2.24, 2.45) is 0 Å². The summed E-state index contributed by atoms with van der Waals surface area (Å²) in [6, 6.07) is 68.6. The fourth-order valence-corrected chi connectivity index (χ4v) is 7.72. The van der Waals surface area contributed by atoms with E-state index >= 15 is 0 Å². The molecule has 46 heavy (non-hydrogen) atoms. The molecule has 0 radical (unpaired) electrons. The lowest BCUT2D eigenvalue weighted by molar-refractivity contribution is 0.771. The Morgan fingerprint density at radius 3 is 1.30 bits per heavy atom. The molecule has 0 saturated heterocycles. The molecule has 1 nitrogen and oxygen atoms in total. The van der Waals surface area contributed by atoms with Crippen LogP contribution in [0.3, 0.4) is 0 Å². The van der Waals surface area contributed by atoms with E-state index in [9.17, 15) is 0 Å². The largest absolute Gasteiger partial charge is 0.311 e. The molecule has 1 aliphatic rings. The van der Waals surface area contributed by atoms with Crippen molar-refractivity contribution >= 4 is 38.6 Å². The molecule has 0 aliphatic heterocycles. The van der Waals surface area contributed by atoms with E-state index in [4.69, 9.17) is 0 Å². The molecule has 0 aromatic heterocycles. The van der Waals surface area contributed by atoms with Crippen molar-refractivity contribution in [2.45, 2.75) is 5.41 Å². The minimum atomic E-state index is -0.419. The van der Waals surface area contributed by atoms with Crippen molar-refractivity contribution in [3.8, 4) is 11.1 Å². The fraction of sp³-hybridized carbons (Fsp3) is 0.0222. The molecule has 0 heterocycles. The van der Waals surface area contributed by atoms with Crippen LogP contribution in [0.25, 0.3) is 32.7 Å². The Morgan fingerprint density at radius 1 is 0.304 bits per heavy atom. The summed E-state index contributed by atoms with van der Waals surface area (Å²) >= 11 is 0. The molecular weight excluding hydrogens is 555 g/mol. The second-order valence-electron chi connectivity index (χ2n) is 12.1. The molecule has 0 bridgehead atoms. The first-order valence-corrected chi connectivity index (χ1v) is 15.9. The van der Waals surface area contributed by atoms with Crippen LogP contribution >= 0.6 is 0 Å². The highest BCUT2D eigenvalue weighted by Gasteiger charge is 2.44. The quantitative estimate of drug-likeness (QED) is 0.175. The van der Waals surface area contributed by atoms with Crippen LogP contribution in [0.1, 0.15) is 22.3 Å². The third-order valence-electron chi connectivity index (χ3n) is 9.71. The van der Waals surface area contributed by atoms with Crippen molar-refractivity contribution in [1.82, 2.24) is 0 Å². The minimum Gasteiger partial charge on any atom is -0.311 e. The van der Waals surface area contributed by atoms with Gasteiger partial charge in [0.15, 0.2) is 0 Å². The Labute approximate surface area is 269 Å². The van der Waals surface area contributed by atoms with E-state index in [0.717, 1.165) is 17.1 Å². The van der Waals surface area contributed by atoms with Crippen LogP contribution in [-0.4, -0.2) is 0 Å². The third kappa shape index (κ3) is 3.95. The van der Waals surface area contributed by atoms with E-state index in [1.165, 1.54) is 54.9 Å². The van der Waals surface area contributed by atoms with Crippen LogP contribution < -0.4 is 4.90 Å². The summed E-state index contributed by atoms with van der Waals surface area (Å²) in [6.45, 7) is 0. The van der Waals surface area contributed by atoms with Crippen LogP contribution in [0.15, 0.2) is 188 Å². The van der Waals surface area contributed by atoms with Crippen molar-refractivity contribution in [1.29, 1.82) is 0 Å². The molecule has 8 aromatic carbocycles. The van der Waals surface area contributed by atoms with Crippen LogP contribution in [0.5, 0.6) is 0 Å². The Balaban J connectivity index is 1.22. The van der Waals surface area contributed by atoms with E-state index < -0.39 is 5.41 Å². The molecule has 1 heteroatoms. The number of benzene rings is 8. The predicted octanol–water partition coefficient (Wildman–Crippen LogP) is 11.8. The maximum atomic E-state index is 2.35. The highest BCUT2D eigenvalue weighted by atomic mass is 15.1. The summed E-state index contributed by atoms with van der Waals surface area (Å²) < 4.78 is 0. The van der Waals surface area contributed by atoms with Gasteiger partial charge in [-0.2, -0.15) is 0 Å². The van der Waals surface area contributed by atoms with Gasteiger partial charge in [0.1, 0.15) is 0 Å². The molecule has 216 valence electrons. The SMILES string of the molecule is c1ccc(-c2ccc(N(c3ccccc3)c3ccc(C4(c5ccccc5)c5cccc6ccc7cccc4c7c56)cc3)cc2)cc1. The lowest BCUT2D eigenvalue weighted by atomic mass is 9.67. The number of hydrogen-bond donors (Lipinski definition) is 0. The van der Waals surface area contributed by atoms with E-state index in [0.29, 0.717) is 0 Å². The van der Waals surface area contributed by atoms with Crippen LogP contribution in [-0.2, 0) is 5.41 Å². The van der Waals surface area contributed by atoms with Gasteiger partial charge in [-0.15, -0.1) is 0 Å². The predicted molar refractivity (Wildman–Crippen MR) is 193 cm³/mol. The molecule has 0 saturated carbocycles. The van der Waals surface area contributed by atoms with Gasteiger partial charge >= 0.3 is 0 Å². The van der Waals surface area contributed by atoms with E-state index in [1.807, 2.05) is 0 Å². The average Bonchev–Trinajstić information content (AvgIpc) is 3.45. The van der Waals surface area contributed by atoms with Gasteiger partial charge in [-0.05, 0) is 91.3 Å². The van der Waals surface area contributed by atoms with E-state index in [2.05, 4.69) is 193 Å². The highest BCUT2D eigenvalue weighted by molar-refractivity contribution is 6.16. The van der Waals surface area contributed by atoms with Crippen molar-refractivity contribution in [3.05, 3.63) is 210 Å². The standard InChI is InChI=1S/C45H31N/c1-4-12-32(13-5-1)33-24-28-39(29-25-33)46(38-18-8-3-9-19-38)40-30-26-37(27-31-40)45(36-16-6-2-7-17-36)41-20-10-14-34-22-23-35-15-11-21-42(45)44(35)43(34)41/h1-31H. The molecule has 9 rings (SSSR count). The third-order valence-corrected chi connectivity index (χ3v) is 9.71. The number of nitrogens with zero attached hydrogens (tertiary/aromatic N) is 1. The first-order valence-electron chi connectivity index (χ1n) is 15.9. The maximum Gasteiger partial charge on any atom is 0.0714 e. The molecule has 0 N–H and O–H groups in total. The zero-order valence-electron chi connectivity index (χ0n) is 25.3. The summed E-state index contributed by atoms with van der Waals surface area (Å²) in [6.07, 6.45) is 0. The molecule has 0 spiro atoms. The molecule has 0 fully saturated rings. The van der Waals surface area contributed by atoms with Gasteiger partial charge in [0.25, 0.3) is 0 Å². The summed E-state index contributed by atoms with van der Waals surface area (Å²) in [5.74, 6) is 0. The van der Waals surface area contributed by atoms with Gasteiger partial charge in [0, 0.05) is 17.1 Å². The van der Waals surface area contributed by atoms with Gasteiger partial charge in [-0.25, -0.2) is 0 Å². The number of anilines is 3. The van der Waals surface area contributed by atoms with Crippen molar-refractivity contribution < 1.29 is 0 Å². The molecule has 0 amide bonds. The maximum absolute atomic E-state index is 2.35. The van der Waals surface area contributed by atoms with Crippen molar-refractivity contribution in [2.75, 3.05) is 4.90 Å². The smallest absolute Gasteiger partial charge is 0.0714 e. The van der Waals surface area contributed by atoms with Gasteiger partial charge in [-0.3, -0.25) is 0 Å². The number of hydrogen-bond acceptors (Lipinski definition) is 1. The Morgan fingerprint density at radius 2 is 0.739 bits per heavy atom. The molecule has 0 atom stereocenters. The Bertz CT molecular complexity index is 2260. The monoisotopic (exact) mass is 585 g/mol. The first-order chi connectivity index (χ1) is 22.8. The average molecular weight is 586 g/mol. The zero-order valence-corrected chi connectivity index (χ0v) is 25.3. The van der Waals surface area contributed by atoms with E-state index in [1.54, 1.807) is 0 Å². The van der Waals surface area contributed by atoms with Crippen LogP contribution in [0.2, 0.25) is 0 Å². The number of rotatable bonds is 6. The van der Waals surface area contributed by atoms with Crippen molar-refractivity contribution in [3.63, 3.8) is 0 Å². The summed E-state index contributed by atoms with van der Waals surface area (Å²) in [7, 11) is 0. The molecule has 8 aromatic rings. The second kappa shape index (κ2) is 10.6. The normalized spacial score (nSPS) is 13.0.